The third-order valence-corrected chi connectivity index (χ3v) is 3.17. The lowest BCUT2D eigenvalue weighted by Crippen LogP contribution is -2.02. The lowest BCUT2D eigenvalue weighted by atomic mass is 10.2. The molecule has 2 aromatic rings. The number of hydrogen-bond donors (Lipinski definition) is 2. The third kappa shape index (κ3) is 2.65. The van der Waals surface area contributed by atoms with Gasteiger partial charge in [0.05, 0.1) is 30.7 Å². The van der Waals surface area contributed by atoms with E-state index in [1.54, 1.807) is 15.6 Å². The Kier molecular flexibility index (Phi) is 3.88. The maximum Gasteiger partial charge on any atom is 0.131 e. The van der Waals surface area contributed by atoms with E-state index < -0.39 is 0 Å². The van der Waals surface area contributed by atoms with Crippen molar-refractivity contribution in [2.75, 3.05) is 11.9 Å². The summed E-state index contributed by atoms with van der Waals surface area (Å²) in [6, 6.07) is 0. The number of aryl methyl sites for hydroxylation is 2. The molecule has 18 heavy (non-hydrogen) atoms. The first-order valence-electron chi connectivity index (χ1n) is 5.67. The minimum Gasteiger partial charge on any atom is -0.394 e. The van der Waals surface area contributed by atoms with Crippen molar-refractivity contribution in [2.45, 2.75) is 20.0 Å². The monoisotopic (exact) mass is 269 g/mol. The second-order valence-electron chi connectivity index (χ2n) is 4.05. The molecule has 98 valence electrons. The number of halogens is 1. The van der Waals surface area contributed by atoms with Crippen LogP contribution in [0.3, 0.4) is 0 Å². The van der Waals surface area contributed by atoms with E-state index in [9.17, 15) is 0 Å². The molecule has 2 N–H and O–H groups in total. The molecular formula is C11H16ClN5O. The van der Waals surface area contributed by atoms with E-state index >= 15 is 0 Å². The molecule has 2 aromatic heterocycles. The van der Waals surface area contributed by atoms with Gasteiger partial charge in [0.1, 0.15) is 5.15 Å². The number of aromatic nitrogens is 4. The van der Waals surface area contributed by atoms with E-state index in [0.29, 0.717) is 18.2 Å². The summed E-state index contributed by atoms with van der Waals surface area (Å²) >= 11 is 6.14. The molecule has 0 spiro atoms. The topological polar surface area (TPSA) is 67.9 Å². The van der Waals surface area contributed by atoms with Gasteiger partial charge in [-0.05, 0) is 6.92 Å². The van der Waals surface area contributed by atoms with E-state index in [2.05, 4.69) is 15.5 Å². The molecule has 0 aliphatic heterocycles. The highest BCUT2D eigenvalue weighted by Gasteiger charge is 2.10. The third-order valence-electron chi connectivity index (χ3n) is 2.70. The second kappa shape index (κ2) is 5.41. The van der Waals surface area contributed by atoms with Crippen molar-refractivity contribution in [3.05, 3.63) is 28.8 Å². The van der Waals surface area contributed by atoms with Crippen molar-refractivity contribution < 1.29 is 5.11 Å². The van der Waals surface area contributed by atoms with Crippen LogP contribution in [0.15, 0.2) is 12.4 Å². The fourth-order valence-electron chi connectivity index (χ4n) is 1.74. The summed E-state index contributed by atoms with van der Waals surface area (Å²) < 4.78 is 3.34. The molecule has 7 heteroatoms. The van der Waals surface area contributed by atoms with Crippen LogP contribution in [0.2, 0.25) is 5.15 Å². The average Bonchev–Trinajstić information content (AvgIpc) is 2.85. The lowest BCUT2D eigenvalue weighted by Gasteiger charge is -2.03. The van der Waals surface area contributed by atoms with Gasteiger partial charge < -0.3 is 10.4 Å². The normalized spacial score (nSPS) is 10.9. The Morgan fingerprint density at radius 2 is 2.28 bits per heavy atom. The van der Waals surface area contributed by atoms with Crippen LogP contribution in [-0.2, 0) is 20.1 Å². The first-order chi connectivity index (χ1) is 8.61. The summed E-state index contributed by atoms with van der Waals surface area (Å²) in [7, 11) is 1.82. The zero-order valence-corrected chi connectivity index (χ0v) is 11.1. The van der Waals surface area contributed by atoms with Crippen LogP contribution >= 0.6 is 11.6 Å². The molecule has 2 heterocycles. The fraction of sp³-hybridized carbons (Fsp3) is 0.455. The van der Waals surface area contributed by atoms with Crippen LogP contribution in [0, 0.1) is 6.92 Å². The van der Waals surface area contributed by atoms with E-state index in [1.807, 2.05) is 20.2 Å². The van der Waals surface area contributed by atoms with Crippen molar-refractivity contribution in [3.8, 4) is 0 Å². The summed E-state index contributed by atoms with van der Waals surface area (Å²) in [4.78, 5) is 0. The molecule has 2 rings (SSSR count). The molecule has 0 amide bonds. The zero-order chi connectivity index (χ0) is 13.1. The predicted octanol–water partition coefficient (Wildman–Crippen LogP) is 1.18. The highest BCUT2D eigenvalue weighted by Crippen LogP contribution is 2.19. The zero-order valence-electron chi connectivity index (χ0n) is 10.4. The number of aliphatic hydroxyl groups excluding tert-OH is 1. The largest absolute Gasteiger partial charge is 0.394 e. The standard InChI is InChI=1S/C11H16ClN5O/c1-8-10(11(12)16(2)15-8)6-13-9-5-14-17(7-9)3-4-18/h5,7,13,18H,3-4,6H2,1-2H3. The van der Waals surface area contributed by atoms with Gasteiger partial charge in [0.15, 0.2) is 0 Å². The molecule has 6 nitrogen and oxygen atoms in total. The Labute approximate surface area is 110 Å². The van der Waals surface area contributed by atoms with Gasteiger partial charge >= 0.3 is 0 Å². The second-order valence-corrected chi connectivity index (χ2v) is 4.41. The lowest BCUT2D eigenvalue weighted by molar-refractivity contribution is 0.269. The number of anilines is 1. The summed E-state index contributed by atoms with van der Waals surface area (Å²) in [6.45, 7) is 3.10. The maximum atomic E-state index is 8.80. The summed E-state index contributed by atoms with van der Waals surface area (Å²) in [6.07, 6.45) is 3.56. The first-order valence-corrected chi connectivity index (χ1v) is 6.04. The Balaban J connectivity index is 2.02. The van der Waals surface area contributed by atoms with E-state index in [4.69, 9.17) is 16.7 Å². The summed E-state index contributed by atoms with van der Waals surface area (Å²) in [5, 5.41) is 21.0. The predicted molar refractivity (Wildman–Crippen MR) is 69.6 cm³/mol. The number of nitrogens with one attached hydrogen (secondary N) is 1. The minimum atomic E-state index is 0.0780. The van der Waals surface area contributed by atoms with E-state index in [1.165, 1.54) is 0 Å². The highest BCUT2D eigenvalue weighted by molar-refractivity contribution is 6.30. The minimum absolute atomic E-state index is 0.0780. The molecule has 0 aliphatic rings. The Hall–Kier alpha value is -1.53. The van der Waals surface area contributed by atoms with E-state index in [0.717, 1.165) is 16.9 Å². The van der Waals surface area contributed by atoms with Gasteiger partial charge in [-0.15, -0.1) is 0 Å². The molecule has 0 atom stereocenters. The van der Waals surface area contributed by atoms with Crippen molar-refractivity contribution in [2.24, 2.45) is 7.05 Å². The number of nitrogens with zero attached hydrogens (tertiary/aromatic N) is 4. The maximum absolute atomic E-state index is 8.80. The quantitative estimate of drug-likeness (QED) is 0.855. The van der Waals surface area contributed by atoms with Crippen molar-refractivity contribution in [1.82, 2.24) is 19.6 Å². The highest BCUT2D eigenvalue weighted by atomic mass is 35.5. The molecule has 0 aromatic carbocycles. The summed E-state index contributed by atoms with van der Waals surface area (Å²) in [5.74, 6) is 0. The van der Waals surface area contributed by atoms with Crippen LogP contribution in [0.1, 0.15) is 11.3 Å². The fourth-order valence-corrected chi connectivity index (χ4v) is 1.99. The SMILES string of the molecule is Cc1nn(C)c(Cl)c1CNc1cnn(CCO)c1. The van der Waals surface area contributed by atoms with Gasteiger partial charge in [0.2, 0.25) is 0 Å². The van der Waals surface area contributed by atoms with Gasteiger partial charge in [-0.25, -0.2) is 0 Å². The Bertz CT molecular complexity index is 534. The van der Waals surface area contributed by atoms with Gasteiger partial charge in [-0.2, -0.15) is 10.2 Å². The molecule has 0 radical (unpaired) electrons. The van der Waals surface area contributed by atoms with Crippen molar-refractivity contribution in [3.63, 3.8) is 0 Å². The first kappa shape index (κ1) is 12.9. The number of aliphatic hydroxyl groups is 1. The molecule has 0 aliphatic carbocycles. The summed E-state index contributed by atoms with van der Waals surface area (Å²) in [5.41, 5.74) is 2.79. The average molecular weight is 270 g/mol. The Morgan fingerprint density at radius 1 is 1.50 bits per heavy atom. The van der Waals surface area contributed by atoms with Gasteiger partial charge in [-0.1, -0.05) is 11.6 Å². The molecule has 0 fully saturated rings. The molecule has 0 bridgehead atoms. The van der Waals surface area contributed by atoms with Crippen LogP contribution in [0.25, 0.3) is 0 Å². The molecular weight excluding hydrogens is 254 g/mol. The smallest absolute Gasteiger partial charge is 0.131 e. The van der Waals surface area contributed by atoms with Crippen LogP contribution < -0.4 is 5.32 Å². The van der Waals surface area contributed by atoms with Crippen molar-refractivity contribution in [1.29, 1.82) is 0 Å². The van der Waals surface area contributed by atoms with Gasteiger partial charge in [0, 0.05) is 25.4 Å². The van der Waals surface area contributed by atoms with E-state index in [-0.39, 0.29) is 6.61 Å². The van der Waals surface area contributed by atoms with Crippen LogP contribution in [0.4, 0.5) is 5.69 Å². The van der Waals surface area contributed by atoms with Crippen LogP contribution in [-0.4, -0.2) is 31.3 Å². The Morgan fingerprint density at radius 3 is 2.89 bits per heavy atom. The molecule has 0 unspecified atom stereocenters. The van der Waals surface area contributed by atoms with Gasteiger partial charge in [0.25, 0.3) is 0 Å². The number of hydrogen-bond acceptors (Lipinski definition) is 4. The van der Waals surface area contributed by atoms with Crippen molar-refractivity contribution >= 4 is 17.3 Å². The van der Waals surface area contributed by atoms with Crippen LogP contribution in [0.5, 0.6) is 0 Å². The number of rotatable bonds is 5. The molecule has 0 saturated carbocycles. The van der Waals surface area contributed by atoms with Gasteiger partial charge in [-0.3, -0.25) is 9.36 Å². The molecule has 0 saturated heterocycles.